The topological polar surface area (TPSA) is 35.2 Å². The first kappa shape index (κ1) is 12.1. The summed E-state index contributed by atoms with van der Waals surface area (Å²) in [5.41, 5.74) is 8.27. The number of aryl methyl sites for hydroxylation is 2. The molecule has 0 saturated heterocycles. The zero-order valence-electron chi connectivity index (χ0n) is 10.1. The monoisotopic (exact) mass is 247 g/mol. The number of nitrogens with two attached hydrogens (primary N) is 1. The summed E-state index contributed by atoms with van der Waals surface area (Å²) in [7, 11) is 0. The summed E-state index contributed by atoms with van der Waals surface area (Å²) >= 11 is 1.70. The first-order valence-electron chi connectivity index (χ1n) is 5.68. The maximum atomic E-state index is 5.93. The van der Waals surface area contributed by atoms with Crippen LogP contribution in [0.5, 0.6) is 5.75 Å². The van der Waals surface area contributed by atoms with Gasteiger partial charge in [-0.15, -0.1) is 11.3 Å². The average molecular weight is 247 g/mol. The summed E-state index contributed by atoms with van der Waals surface area (Å²) < 4.78 is 5.93. The van der Waals surface area contributed by atoms with Gasteiger partial charge in [0.05, 0.1) is 0 Å². The van der Waals surface area contributed by atoms with Crippen molar-refractivity contribution in [3.05, 3.63) is 51.7 Å². The van der Waals surface area contributed by atoms with Gasteiger partial charge < -0.3 is 10.5 Å². The minimum Gasteiger partial charge on any atom is -0.484 e. The van der Waals surface area contributed by atoms with E-state index in [4.69, 9.17) is 10.5 Å². The Balaban J connectivity index is 2.16. The van der Waals surface area contributed by atoms with Crippen molar-refractivity contribution in [2.75, 3.05) is 6.54 Å². The molecule has 0 amide bonds. The predicted molar refractivity (Wildman–Crippen MR) is 72.7 cm³/mol. The Bertz CT molecular complexity index is 475. The van der Waals surface area contributed by atoms with Crippen LogP contribution in [0.4, 0.5) is 0 Å². The number of thiophene rings is 1. The Morgan fingerprint density at radius 3 is 2.41 bits per heavy atom. The Morgan fingerprint density at radius 1 is 1.18 bits per heavy atom. The molecule has 1 atom stereocenters. The molecule has 2 N–H and O–H groups in total. The van der Waals surface area contributed by atoms with Gasteiger partial charge in [0, 0.05) is 11.4 Å². The largest absolute Gasteiger partial charge is 0.484 e. The third-order valence-corrected chi connectivity index (χ3v) is 3.82. The van der Waals surface area contributed by atoms with E-state index in [0.717, 1.165) is 5.75 Å². The lowest BCUT2D eigenvalue weighted by molar-refractivity contribution is 0.217. The lowest BCUT2D eigenvalue weighted by atomic mass is 10.2. The molecule has 0 radical (unpaired) electrons. The van der Waals surface area contributed by atoms with Gasteiger partial charge in [0.1, 0.15) is 11.9 Å². The Morgan fingerprint density at radius 2 is 1.88 bits per heavy atom. The van der Waals surface area contributed by atoms with Crippen molar-refractivity contribution in [1.29, 1.82) is 0 Å². The van der Waals surface area contributed by atoms with Gasteiger partial charge in [0.2, 0.25) is 0 Å². The molecule has 2 aromatic rings. The normalized spacial score (nSPS) is 12.4. The Labute approximate surface area is 106 Å². The van der Waals surface area contributed by atoms with Crippen molar-refractivity contribution in [2.45, 2.75) is 20.0 Å². The Hall–Kier alpha value is -1.32. The summed E-state index contributed by atoms with van der Waals surface area (Å²) in [6.07, 6.45) is -0.0438. The van der Waals surface area contributed by atoms with E-state index in [1.807, 2.05) is 24.3 Å². The van der Waals surface area contributed by atoms with E-state index in [0.29, 0.717) is 6.54 Å². The van der Waals surface area contributed by atoms with Gasteiger partial charge in [-0.05, 0) is 43.0 Å². The van der Waals surface area contributed by atoms with Gasteiger partial charge >= 0.3 is 0 Å². The molecule has 0 aliphatic rings. The predicted octanol–water partition coefficient (Wildman–Crippen LogP) is 3.44. The van der Waals surface area contributed by atoms with Crippen LogP contribution in [0.25, 0.3) is 0 Å². The van der Waals surface area contributed by atoms with Crippen molar-refractivity contribution in [3.63, 3.8) is 0 Å². The number of hydrogen-bond acceptors (Lipinski definition) is 3. The third kappa shape index (κ3) is 2.87. The highest BCUT2D eigenvalue weighted by Gasteiger charge is 2.15. The Kier molecular flexibility index (Phi) is 3.82. The molecule has 1 aromatic carbocycles. The zero-order valence-corrected chi connectivity index (χ0v) is 11.0. The second-order valence-corrected chi connectivity index (χ2v) is 5.07. The smallest absolute Gasteiger partial charge is 0.145 e. The molecule has 2 rings (SSSR count). The van der Waals surface area contributed by atoms with Crippen LogP contribution in [0.1, 0.15) is 22.1 Å². The summed E-state index contributed by atoms with van der Waals surface area (Å²) in [5.74, 6) is 0.874. The molecule has 0 saturated carbocycles. The van der Waals surface area contributed by atoms with Crippen molar-refractivity contribution < 1.29 is 4.74 Å². The lowest BCUT2D eigenvalue weighted by Gasteiger charge is -2.17. The highest BCUT2D eigenvalue weighted by Crippen LogP contribution is 2.28. The molecular weight excluding hydrogens is 230 g/mol. The maximum absolute atomic E-state index is 5.93. The minimum atomic E-state index is -0.0438. The molecule has 1 aromatic heterocycles. The van der Waals surface area contributed by atoms with Crippen molar-refractivity contribution >= 4 is 11.3 Å². The molecule has 0 aliphatic carbocycles. The third-order valence-electron chi connectivity index (χ3n) is 2.71. The minimum absolute atomic E-state index is 0.0438. The van der Waals surface area contributed by atoms with E-state index >= 15 is 0 Å². The van der Waals surface area contributed by atoms with Crippen LogP contribution >= 0.6 is 11.3 Å². The van der Waals surface area contributed by atoms with Crippen LogP contribution in [0, 0.1) is 13.8 Å². The first-order valence-corrected chi connectivity index (χ1v) is 6.56. The van der Waals surface area contributed by atoms with Gasteiger partial charge in [-0.1, -0.05) is 17.7 Å². The zero-order chi connectivity index (χ0) is 12.3. The summed E-state index contributed by atoms with van der Waals surface area (Å²) in [6.45, 7) is 4.65. The molecule has 1 heterocycles. The van der Waals surface area contributed by atoms with Crippen LogP contribution < -0.4 is 10.5 Å². The van der Waals surface area contributed by atoms with Crippen molar-refractivity contribution in [1.82, 2.24) is 0 Å². The highest BCUT2D eigenvalue weighted by molar-refractivity contribution is 7.10. The van der Waals surface area contributed by atoms with E-state index < -0.39 is 0 Å². The molecule has 0 fully saturated rings. The second-order valence-electron chi connectivity index (χ2n) is 4.12. The molecule has 3 heteroatoms. The van der Waals surface area contributed by atoms with E-state index in [-0.39, 0.29) is 6.10 Å². The van der Waals surface area contributed by atoms with Crippen molar-refractivity contribution in [3.8, 4) is 5.75 Å². The van der Waals surface area contributed by atoms with E-state index in [1.165, 1.54) is 16.0 Å². The average Bonchev–Trinajstić information content (AvgIpc) is 2.75. The maximum Gasteiger partial charge on any atom is 0.145 e. The van der Waals surface area contributed by atoms with Gasteiger partial charge in [0.15, 0.2) is 0 Å². The van der Waals surface area contributed by atoms with Gasteiger partial charge in [-0.2, -0.15) is 0 Å². The van der Waals surface area contributed by atoms with E-state index in [1.54, 1.807) is 11.3 Å². The molecule has 2 nitrogen and oxygen atoms in total. The van der Waals surface area contributed by atoms with Crippen molar-refractivity contribution in [2.24, 2.45) is 5.73 Å². The van der Waals surface area contributed by atoms with Gasteiger partial charge in [-0.25, -0.2) is 0 Å². The SMILES string of the molecule is Cc1ccc(OC(CN)c2sccc2C)cc1. The summed E-state index contributed by atoms with van der Waals surface area (Å²) in [4.78, 5) is 1.22. The van der Waals surface area contributed by atoms with Crippen LogP contribution in [0.3, 0.4) is 0 Å². The van der Waals surface area contributed by atoms with Crippen LogP contribution in [-0.4, -0.2) is 6.54 Å². The molecule has 90 valence electrons. The number of hydrogen-bond donors (Lipinski definition) is 1. The van der Waals surface area contributed by atoms with E-state index in [9.17, 15) is 0 Å². The number of benzene rings is 1. The quantitative estimate of drug-likeness (QED) is 0.898. The fourth-order valence-electron chi connectivity index (χ4n) is 1.70. The molecule has 0 bridgehead atoms. The summed E-state index contributed by atoms with van der Waals surface area (Å²) in [6, 6.07) is 10.2. The molecule has 1 unspecified atom stereocenters. The number of rotatable bonds is 4. The number of ether oxygens (including phenoxy) is 1. The molecular formula is C14H17NOS. The lowest BCUT2D eigenvalue weighted by Crippen LogP contribution is -2.18. The molecule has 17 heavy (non-hydrogen) atoms. The first-order chi connectivity index (χ1) is 8.20. The van der Waals surface area contributed by atoms with E-state index in [2.05, 4.69) is 25.3 Å². The fraction of sp³-hybridized carbons (Fsp3) is 0.286. The standard InChI is InChI=1S/C14H17NOS/c1-10-3-5-12(6-4-10)16-13(9-15)14-11(2)7-8-17-14/h3-8,13H,9,15H2,1-2H3. The van der Waals surface area contributed by atoms with Crippen LogP contribution in [-0.2, 0) is 0 Å². The fourth-order valence-corrected chi connectivity index (χ4v) is 2.67. The summed E-state index contributed by atoms with van der Waals surface area (Å²) in [5, 5.41) is 2.08. The molecule has 0 aliphatic heterocycles. The van der Waals surface area contributed by atoms with Crippen LogP contribution in [0.2, 0.25) is 0 Å². The van der Waals surface area contributed by atoms with Gasteiger partial charge in [-0.3, -0.25) is 0 Å². The second kappa shape index (κ2) is 5.34. The van der Waals surface area contributed by atoms with Crippen LogP contribution in [0.15, 0.2) is 35.7 Å². The highest BCUT2D eigenvalue weighted by atomic mass is 32.1. The molecule has 0 spiro atoms. The van der Waals surface area contributed by atoms with Gasteiger partial charge in [0.25, 0.3) is 0 Å².